The lowest BCUT2D eigenvalue weighted by Crippen LogP contribution is -2.38. The Morgan fingerprint density at radius 1 is 1.08 bits per heavy atom. The molecule has 0 unspecified atom stereocenters. The monoisotopic (exact) mass is 324 g/mol. The molecule has 0 bridgehead atoms. The third kappa shape index (κ3) is 3.88. The van der Waals surface area contributed by atoms with Gasteiger partial charge in [-0.3, -0.25) is 4.79 Å². The molecular weight excluding hydrogens is 300 g/mol. The predicted molar refractivity (Wildman–Crippen MR) is 96.7 cm³/mol. The smallest absolute Gasteiger partial charge is 0.255 e. The molecule has 1 saturated heterocycles. The van der Waals surface area contributed by atoms with Gasteiger partial charge in [-0.05, 0) is 43.0 Å². The van der Waals surface area contributed by atoms with Gasteiger partial charge in [0.15, 0.2) is 0 Å². The number of hydrogen-bond acceptors (Lipinski definition) is 3. The van der Waals surface area contributed by atoms with Crippen molar-refractivity contribution in [1.29, 1.82) is 0 Å². The minimum atomic E-state index is -0.0575. The van der Waals surface area contributed by atoms with Crippen molar-refractivity contribution in [3.8, 4) is 5.75 Å². The highest BCUT2D eigenvalue weighted by Crippen LogP contribution is 2.23. The number of carbonyl (C=O) groups is 1. The van der Waals surface area contributed by atoms with E-state index in [0.29, 0.717) is 17.2 Å². The molecule has 0 saturated carbocycles. The molecule has 1 heterocycles. The largest absolute Gasteiger partial charge is 0.496 e. The second kappa shape index (κ2) is 7.86. The zero-order valence-electron chi connectivity index (χ0n) is 14.1. The number of para-hydroxylation sites is 2. The van der Waals surface area contributed by atoms with Crippen LogP contribution in [0.15, 0.2) is 54.6 Å². The van der Waals surface area contributed by atoms with Crippen LogP contribution in [0.5, 0.6) is 5.75 Å². The standard InChI is InChI=1S/C20H24N2O2/c1-24-19-10-6-5-9-18(19)20(23)21-15-16-11-13-22(14-12-16)17-7-3-2-4-8-17/h2-10,16H,11-15H2,1H3,(H,21,23). The van der Waals surface area contributed by atoms with Crippen molar-refractivity contribution in [2.24, 2.45) is 5.92 Å². The zero-order valence-corrected chi connectivity index (χ0v) is 14.1. The van der Waals surface area contributed by atoms with Gasteiger partial charge in [0, 0.05) is 25.3 Å². The lowest BCUT2D eigenvalue weighted by molar-refractivity contribution is 0.0942. The molecule has 1 aliphatic rings. The number of amides is 1. The van der Waals surface area contributed by atoms with Crippen molar-refractivity contribution >= 4 is 11.6 Å². The lowest BCUT2D eigenvalue weighted by Gasteiger charge is -2.33. The van der Waals surface area contributed by atoms with E-state index < -0.39 is 0 Å². The van der Waals surface area contributed by atoms with E-state index in [-0.39, 0.29) is 5.91 Å². The van der Waals surface area contributed by atoms with E-state index in [1.165, 1.54) is 5.69 Å². The molecule has 4 nitrogen and oxygen atoms in total. The Morgan fingerprint density at radius 2 is 1.75 bits per heavy atom. The molecule has 1 N–H and O–H groups in total. The van der Waals surface area contributed by atoms with Gasteiger partial charge in [0.25, 0.3) is 5.91 Å². The average molecular weight is 324 g/mol. The Hall–Kier alpha value is -2.49. The first-order valence-electron chi connectivity index (χ1n) is 8.49. The molecule has 1 amide bonds. The van der Waals surface area contributed by atoms with Crippen LogP contribution < -0.4 is 15.0 Å². The van der Waals surface area contributed by atoms with Gasteiger partial charge in [0.2, 0.25) is 0 Å². The molecule has 1 fully saturated rings. The van der Waals surface area contributed by atoms with Gasteiger partial charge in [-0.2, -0.15) is 0 Å². The summed E-state index contributed by atoms with van der Waals surface area (Å²) in [6.45, 7) is 2.80. The second-order valence-electron chi connectivity index (χ2n) is 6.18. The van der Waals surface area contributed by atoms with Crippen LogP contribution in [0.25, 0.3) is 0 Å². The van der Waals surface area contributed by atoms with E-state index in [0.717, 1.165) is 32.5 Å². The molecule has 126 valence electrons. The molecular formula is C20H24N2O2. The van der Waals surface area contributed by atoms with Crippen molar-refractivity contribution in [3.63, 3.8) is 0 Å². The molecule has 0 aromatic heterocycles. The highest BCUT2D eigenvalue weighted by atomic mass is 16.5. The first-order valence-corrected chi connectivity index (χ1v) is 8.49. The van der Waals surface area contributed by atoms with E-state index in [1.54, 1.807) is 13.2 Å². The number of methoxy groups -OCH3 is 1. The summed E-state index contributed by atoms with van der Waals surface area (Å²) in [4.78, 5) is 14.8. The number of carbonyl (C=O) groups excluding carboxylic acids is 1. The van der Waals surface area contributed by atoms with Crippen LogP contribution in [0.3, 0.4) is 0 Å². The van der Waals surface area contributed by atoms with Gasteiger partial charge in [-0.15, -0.1) is 0 Å². The molecule has 2 aromatic rings. The summed E-state index contributed by atoms with van der Waals surface area (Å²) in [6, 6.07) is 17.9. The van der Waals surface area contributed by atoms with Gasteiger partial charge >= 0.3 is 0 Å². The normalized spacial score (nSPS) is 15.1. The second-order valence-corrected chi connectivity index (χ2v) is 6.18. The molecule has 24 heavy (non-hydrogen) atoms. The molecule has 4 heteroatoms. The highest BCUT2D eigenvalue weighted by molar-refractivity contribution is 5.96. The van der Waals surface area contributed by atoms with Crippen LogP contribution in [0.2, 0.25) is 0 Å². The fourth-order valence-electron chi connectivity index (χ4n) is 3.20. The van der Waals surface area contributed by atoms with Crippen molar-refractivity contribution in [1.82, 2.24) is 5.32 Å². The number of rotatable bonds is 5. The van der Waals surface area contributed by atoms with Gasteiger partial charge in [-0.25, -0.2) is 0 Å². The zero-order chi connectivity index (χ0) is 16.8. The SMILES string of the molecule is COc1ccccc1C(=O)NCC1CCN(c2ccccc2)CC1. The van der Waals surface area contributed by atoms with Crippen LogP contribution in [-0.4, -0.2) is 32.7 Å². The molecule has 0 atom stereocenters. The van der Waals surface area contributed by atoms with Crippen LogP contribution in [-0.2, 0) is 0 Å². The van der Waals surface area contributed by atoms with Crippen LogP contribution in [0, 0.1) is 5.92 Å². The molecule has 0 radical (unpaired) electrons. The van der Waals surface area contributed by atoms with E-state index in [4.69, 9.17) is 4.74 Å². The summed E-state index contributed by atoms with van der Waals surface area (Å²) >= 11 is 0. The molecule has 0 aliphatic carbocycles. The quantitative estimate of drug-likeness (QED) is 0.917. The summed E-state index contributed by atoms with van der Waals surface area (Å²) in [6.07, 6.45) is 2.20. The third-order valence-corrected chi connectivity index (χ3v) is 4.64. The number of hydrogen-bond donors (Lipinski definition) is 1. The highest BCUT2D eigenvalue weighted by Gasteiger charge is 2.20. The van der Waals surface area contributed by atoms with E-state index in [2.05, 4.69) is 34.5 Å². The van der Waals surface area contributed by atoms with Crippen LogP contribution in [0.1, 0.15) is 23.2 Å². The van der Waals surface area contributed by atoms with E-state index >= 15 is 0 Å². The number of anilines is 1. The minimum absolute atomic E-state index is 0.0575. The topological polar surface area (TPSA) is 41.6 Å². The Balaban J connectivity index is 1.49. The molecule has 1 aliphatic heterocycles. The lowest BCUT2D eigenvalue weighted by atomic mass is 9.96. The molecule has 0 spiro atoms. The van der Waals surface area contributed by atoms with Gasteiger partial charge in [0.1, 0.15) is 5.75 Å². The third-order valence-electron chi connectivity index (χ3n) is 4.64. The van der Waals surface area contributed by atoms with Crippen molar-refractivity contribution in [2.75, 3.05) is 31.6 Å². The van der Waals surface area contributed by atoms with E-state index in [1.807, 2.05) is 24.3 Å². The maximum Gasteiger partial charge on any atom is 0.255 e. The maximum atomic E-state index is 12.4. The van der Waals surface area contributed by atoms with Crippen LogP contribution in [0.4, 0.5) is 5.69 Å². The number of piperidine rings is 1. The van der Waals surface area contributed by atoms with Crippen molar-refractivity contribution in [2.45, 2.75) is 12.8 Å². The Morgan fingerprint density at radius 3 is 2.46 bits per heavy atom. The van der Waals surface area contributed by atoms with Gasteiger partial charge in [-0.1, -0.05) is 30.3 Å². The Kier molecular flexibility index (Phi) is 5.36. The molecule has 3 rings (SSSR count). The summed E-state index contributed by atoms with van der Waals surface area (Å²) in [5.74, 6) is 1.09. The fraction of sp³-hybridized carbons (Fsp3) is 0.350. The fourth-order valence-corrected chi connectivity index (χ4v) is 3.20. The first kappa shape index (κ1) is 16.4. The summed E-state index contributed by atoms with van der Waals surface area (Å²) < 4.78 is 5.25. The number of nitrogens with zero attached hydrogens (tertiary/aromatic N) is 1. The molecule has 2 aromatic carbocycles. The minimum Gasteiger partial charge on any atom is -0.496 e. The van der Waals surface area contributed by atoms with Crippen molar-refractivity contribution < 1.29 is 9.53 Å². The number of nitrogens with one attached hydrogen (secondary N) is 1. The summed E-state index contributed by atoms with van der Waals surface area (Å²) in [5, 5.41) is 3.06. The average Bonchev–Trinajstić information content (AvgIpc) is 2.67. The Labute approximate surface area is 143 Å². The number of ether oxygens (including phenoxy) is 1. The maximum absolute atomic E-state index is 12.4. The van der Waals surface area contributed by atoms with Gasteiger partial charge < -0.3 is 15.0 Å². The Bertz CT molecular complexity index is 664. The van der Waals surface area contributed by atoms with Crippen LogP contribution >= 0.6 is 0 Å². The summed E-state index contributed by atoms with van der Waals surface area (Å²) in [5.41, 5.74) is 1.88. The van der Waals surface area contributed by atoms with E-state index in [9.17, 15) is 4.79 Å². The summed E-state index contributed by atoms with van der Waals surface area (Å²) in [7, 11) is 1.59. The predicted octanol–water partition coefficient (Wildman–Crippen LogP) is 3.34. The number of benzene rings is 2. The first-order chi connectivity index (χ1) is 11.8. The van der Waals surface area contributed by atoms with Gasteiger partial charge in [0.05, 0.1) is 12.7 Å². The van der Waals surface area contributed by atoms with Crippen molar-refractivity contribution in [3.05, 3.63) is 60.2 Å².